The van der Waals surface area contributed by atoms with E-state index in [1.807, 2.05) is 12.3 Å². The number of rotatable bonds is 3. The van der Waals surface area contributed by atoms with Crippen molar-refractivity contribution in [1.29, 1.82) is 0 Å². The maximum absolute atomic E-state index is 4.33. The van der Waals surface area contributed by atoms with Crippen molar-refractivity contribution in [2.24, 2.45) is 0 Å². The lowest BCUT2D eigenvalue weighted by Gasteiger charge is -2.11. The number of aromatic amines is 1. The molecule has 3 heteroatoms. The second-order valence-corrected chi connectivity index (χ2v) is 5.47. The molecule has 0 saturated heterocycles. The molecule has 0 saturated carbocycles. The highest BCUT2D eigenvalue weighted by atomic mass is 14.9. The van der Waals surface area contributed by atoms with E-state index in [0.29, 0.717) is 6.04 Å². The molecule has 2 aromatic heterocycles. The van der Waals surface area contributed by atoms with Gasteiger partial charge in [-0.05, 0) is 41.7 Å². The van der Waals surface area contributed by atoms with Crippen LogP contribution in [0.4, 0.5) is 0 Å². The summed E-state index contributed by atoms with van der Waals surface area (Å²) < 4.78 is 0. The number of fused-ring (bicyclic) bond motifs is 2. The van der Waals surface area contributed by atoms with Gasteiger partial charge in [0, 0.05) is 30.4 Å². The highest BCUT2D eigenvalue weighted by Crippen LogP contribution is 2.22. The van der Waals surface area contributed by atoms with Crippen LogP contribution in [0.15, 0.2) is 48.8 Å². The van der Waals surface area contributed by atoms with Crippen molar-refractivity contribution < 1.29 is 0 Å². The van der Waals surface area contributed by atoms with Crippen molar-refractivity contribution in [3.8, 4) is 0 Å². The SMILES string of the molecule is c1ccc2c(c1)CC(NCc1c[nH]c3ncccc13)C2. The van der Waals surface area contributed by atoms with Crippen LogP contribution in [0.1, 0.15) is 16.7 Å². The van der Waals surface area contributed by atoms with E-state index in [4.69, 9.17) is 0 Å². The van der Waals surface area contributed by atoms with Gasteiger partial charge in [-0.3, -0.25) is 0 Å². The molecule has 3 aromatic rings. The predicted octanol–water partition coefficient (Wildman–Crippen LogP) is 2.82. The molecule has 2 N–H and O–H groups in total. The fourth-order valence-corrected chi connectivity index (χ4v) is 3.12. The Hall–Kier alpha value is -2.13. The number of benzene rings is 1. The summed E-state index contributed by atoms with van der Waals surface area (Å²) in [6.07, 6.45) is 6.16. The predicted molar refractivity (Wildman–Crippen MR) is 80.6 cm³/mol. The van der Waals surface area contributed by atoms with Crippen molar-refractivity contribution in [2.45, 2.75) is 25.4 Å². The zero-order valence-electron chi connectivity index (χ0n) is 11.3. The van der Waals surface area contributed by atoms with E-state index in [0.717, 1.165) is 25.0 Å². The van der Waals surface area contributed by atoms with Crippen LogP contribution in [-0.2, 0) is 19.4 Å². The summed E-state index contributed by atoms with van der Waals surface area (Å²) in [4.78, 5) is 7.56. The third kappa shape index (κ3) is 2.00. The van der Waals surface area contributed by atoms with Crippen LogP contribution in [0.25, 0.3) is 11.0 Å². The molecule has 0 unspecified atom stereocenters. The van der Waals surface area contributed by atoms with Gasteiger partial charge in [0.1, 0.15) is 5.65 Å². The third-order valence-corrected chi connectivity index (χ3v) is 4.17. The Morgan fingerprint density at radius 1 is 1.10 bits per heavy atom. The normalized spacial score (nSPS) is 14.8. The zero-order valence-corrected chi connectivity index (χ0v) is 11.3. The van der Waals surface area contributed by atoms with Crippen molar-refractivity contribution in [2.75, 3.05) is 0 Å². The van der Waals surface area contributed by atoms with Gasteiger partial charge in [-0.25, -0.2) is 4.98 Å². The number of H-pyrrole nitrogens is 1. The number of hydrogen-bond donors (Lipinski definition) is 2. The van der Waals surface area contributed by atoms with Crippen LogP contribution in [0.2, 0.25) is 0 Å². The average Bonchev–Trinajstić information content (AvgIpc) is 3.08. The van der Waals surface area contributed by atoms with Crippen LogP contribution in [0.3, 0.4) is 0 Å². The monoisotopic (exact) mass is 263 g/mol. The Morgan fingerprint density at radius 3 is 2.70 bits per heavy atom. The van der Waals surface area contributed by atoms with Crippen LogP contribution in [0.5, 0.6) is 0 Å². The van der Waals surface area contributed by atoms with Crippen molar-refractivity contribution in [3.63, 3.8) is 0 Å². The van der Waals surface area contributed by atoms with Crippen LogP contribution in [0, 0.1) is 0 Å². The van der Waals surface area contributed by atoms with Gasteiger partial charge in [0.15, 0.2) is 0 Å². The van der Waals surface area contributed by atoms with Crippen molar-refractivity contribution in [1.82, 2.24) is 15.3 Å². The Balaban J connectivity index is 1.47. The van der Waals surface area contributed by atoms with E-state index in [9.17, 15) is 0 Å². The topological polar surface area (TPSA) is 40.7 Å². The summed E-state index contributed by atoms with van der Waals surface area (Å²) in [5.41, 5.74) is 5.25. The molecule has 0 amide bonds. The van der Waals surface area contributed by atoms with E-state index in [1.54, 1.807) is 0 Å². The molecule has 0 aliphatic heterocycles. The standard InChI is InChI=1S/C17H17N3/c1-2-5-13-9-15(8-12(13)4-1)19-10-14-11-20-17-16(14)6-3-7-18-17/h1-7,11,15,19H,8-10H2,(H,18,20). The van der Waals surface area contributed by atoms with Crippen LogP contribution >= 0.6 is 0 Å². The molecule has 2 heterocycles. The average molecular weight is 263 g/mol. The van der Waals surface area contributed by atoms with Gasteiger partial charge >= 0.3 is 0 Å². The minimum Gasteiger partial charge on any atom is -0.346 e. The molecule has 0 bridgehead atoms. The molecule has 4 rings (SSSR count). The lowest BCUT2D eigenvalue weighted by atomic mass is 10.1. The Morgan fingerprint density at radius 2 is 1.90 bits per heavy atom. The highest BCUT2D eigenvalue weighted by Gasteiger charge is 2.20. The summed E-state index contributed by atoms with van der Waals surface area (Å²) in [7, 11) is 0. The summed E-state index contributed by atoms with van der Waals surface area (Å²) in [5.74, 6) is 0. The molecule has 1 aromatic carbocycles. The van der Waals surface area contributed by atoms with E-state index in [2.05, 4.69) is 51.8 Å². The van der Waals surface area contributed by atoms with Gasteiger partial charge in [0.05, 0.1) is 0 Å². The molecule has 20 heavy (non-hydrogen) atoms. The smallest absolute Gasteiger partial charge is 0.137 e. The van der Waals surface area contributed by atoms with Gasteiger partial charge in [-0.1, -0.05) is 24.3 Å². The molecule has 100 valence electrons. The van der Waals surface area contributed by atoms with Gasteiger partial charge in [-0.15, -0.1) is 0 Å². The van der Waals surface area contributed by atoms with Crippen molar-refractivity contribution >= 4 is 11.0 Å². The third-order valence-electron chi connectivity index (χ3n) is 4.17. The summed E-state index contributed by atoms with van der Waals surface area (Å²) >= 11 is 0. The molecular weight excluding hydrogens is 246 g/mol. The fraction of sp³-hybridized carbons (Fsp3) is 0.235. The molecule has 1 aliphatic rings. The number of nitrogens with one attached hydrogen (secondary N) is 2. The second kappa shape index (κ2) is 4.76. The molecule has 0 atom stereocenters. The van der Waals surface area contributed by atoms with Gasteiger partial charge in [0.2, 0.25) is 0 Å². The molecule has 1 aliphatic carbocycles. The van der Waals surface area contributed by atoms with Crippen LogP contribution < -0.4 is 5.32 Å². The zero-order chi connectivity index (χ0) is 13.4. The van der Waals surface area contributed by atoms with E-state index in [-0.39, 0.29) is 0 Å². The van der Waals surface area contributed by atoms with E-state index >= 15 is 0 Å². The molecular formula is C17H17N3. The minimum atomic E-state index is 0.550. The van der Waals surface area contributed by atoms with Gasteiger partial charge < -0.3 is 10.3 Å². The maximum Gasteiger partial charge on any atom is 0.137 e. The van der Waals surface area contributed by atoms with Crippen molar-refractivity contribution in [3.05, 3.63) is 65.5 Å². The van der Waals surface area contributed by atoms with Crippen LogP contribution in [-0.4, -0.2) is 16.0 Å². The van der Waals surface area contributed by atoms with E-state index in [1.165, 1.54) is 22.1 Å². The lowest BCUT2D eigenvalue weighted by Crippen LogP contribution is -2.28. The second-order valence-electron chi connectivity index (χ2n) is 5.47. The molecule has 3 nitrogen and oxygen atoms in total. The van der Waals surface area contributed by atoms with Gasteiger partial charge in [-0.2, -0.15) is 0 Å². The summed E-state index contributed by atoms with van der Waals surface area (Å²) in [5, 5.41) is 4.89. The van der Waals surface area contributed by atoms with E-state index < -0.39 is 0 Å². The quantitative estimate of drug-likeness (QED) is 0.763. The summed E-state index contributed by atoms with van der Waals surface area (Å²) in [6, 6.07) is 13.4. The Kier molecular flexibility index (Phi) is 2.78. The van der Waals surface area contributed by atoms with Gasteiger partial charge in [0.25, 0.3) is 0 Å². The first-order valence-corrected chi connectivity index (χ1v) is 7.11. The first-order chi connectivity index (χ1) is 9.90. The highest BCUT2D eigenvalue weighted by molar-refractivity contribution is 5.79. The molecule has 0 radical (unpaired) electrons. The summed E-state index contributed by atoms with van der Waals surface area (Å²) in [6.45, 7) is 0.893. The fourth-order valence-electron chi connectivity index (χ4n) is 3.12. The molecule has 0 fully saturated rings. The Bertz CT molecular complexity index is 720. The Labute approximate surface area is 118 Å². The number of nitrogens with zero attached hydrogens (tertiary/aromatic N) is 1. The number of aromatic nitrogens is 2. The first kappa shape index (κ1) is 11.7. The minimum absolute atomic E-state index is 0.550. The molecule has 0 spiro atoms. The number of hydrogen-bond acceptors (Lipinski definition) is 2. The number of pyridine rings is 1. The first-order valence-electron chi connectivity index (χ1n) is 7.11. The lowest BCUT2D eigenvalue weighted by molar-refractivity contribution is 0.534. The largest absolute Gasteiger partial charge is 0.346 e. The maximum atomic E-state index is 4.33.